The van der Waals surface area contributed by atoms with Gasteiger partial charge in [-0.1, -0.05) is 49.4 Å². The lowest BCUT2D eigenvalue weighted by Crippen LogP contribution is -2.51. The minimum atomic E-state index is -0.0825. The van der Waals surface area contributed by atoms with Crippen LogP contribution in [0, 0.1) is 0 Å². The lowest BCUT2D eigenvalue weighted by atomic mass is 10.0. The SMILES string of the molecule is CCN(C(C)Cc1ccc2c(c1)OCO2)C(C)NC(=O)C1=CN(Cc2ccccc2)C=CC1. The normalized spacial score (nSPS) is 16.5. The molecule has 0 aliphatic carbocycles. The fourth-order valence-electron chi connectivity index (χ4n) is 4.51. The fraction of sp³-hybridized carbons (Fsp3) is 0.370. The molecule has 0 radical (unpaired) electrons. The molecule has 0 fully saturated rings. The Morgan fingerprint density at radius 1 is 1.09 bits per heavy atom. The number of likely N-dealkylation sites (N-methyl/N-ethyl adjacent to an activating group) is 1. The van der Waals surface area contributed by atoms with Crippen LogP contribution in [0.15, 0.2) is 72.6 Å². The molecule has 0 saturated carbocycles. The summed E-state index contributed by atoms with van der Waals surface area (Å²) in [6.07, 6.45) is 7.47. The summed E-state index contributed by atoms with van der Waals surface area (Å²) in [5.41, 5.74) is 3.18. The molecule has 6 nitrogen and oxygen atoms in total. The fourth-order valence-corrected chi connectivity index (χ4v) is 4.51. The molecular formula is C27H33N3O3. The maximum absolute atomic E-state index is 13.0. The van der Waals surface area contributed by atoms with Gasteiger partial charge in [0, 0.05) is 30.6 Å². The minimum Gasteiger partial charge on any atom is -0.454 e. The van der Waals surface area contributed by atoms with E-state index in [1.807, 2.05) is 42.7 Å². The van der Waals surface area contributed by atoms with Crippen molar-refractivity contribution in [2.45, 2.75) is 52.4 Å². The number of ether oxygens (including phenoxy) is 2. The van der Waals surface area contributed by atoms with Crippen molar-refractivity contribution >= 4 is 5.91 Å². The number of hydrogen-bond donors (Lipinski definition) is 1. The van der Waals surface area contributed by atoms with E-state index < -0.39 is 0 Å². The molecule has 2 heterocycles. The standard InChI is InChI=1S/C27H33N3O3/c1-4-30(20(2)15-23-12-13-25-26(16-23)33-19-32-25)21(3)28-27(31)24-11-8-14-29(18-24)17-22-9-6-5-7-10-22/h5-10,12-14,16,18,20-21H,4,11,15,17,19H2,1-3H3,(H,28,31). The molecule has 4 rings (SSSR count). The molecule has 2 unspecified atom stereocenters. The largest absolute Gasteiger partial charge is 0.454 e. The maximum atomic E-state index is 13.0. The molecule has 2 aromatic rings. The van der Waals surface area contributed by atoms with Crippen molar-refractivity contribution in [3.8, 4) is 11.5 Å². The summed E-state index contributed by atoms with van der Waals surface area (Å²) >= 11 is 0. The van der Waals surface area contributed by atoms with Crippen LogP contribution in [0.2, 0.25) is 0 Å². The highest BCUT2D eigenvalue weighted by Crippen LogP contribution is 2.33. The van der Waals surface area contributed by atoms with Gasteiger partial charge < -0.3 is 19.7 Å². The molecule has 2 atom stereocenters. The van der Waals surface area contributed by atoms with Crippen LogP contribution in [0.4, 0.5) is 0 Å². The van der Waals surface area contributed by atoms with Crippen LogP contribution >= 0.6 is 0 Å². The Kier molecular flexibility index (Phi) is 7.35. The van der Waals surface area contributed by atoms with Crippen molar-refractivity contribution in [3.63, 3.8) is 0 Å². The van der Waals surface area contributed by atoms with Crippen LogP contribution in [0.3, 0.4) is 0 Å². The molecule has 1 amide bonds. The van der Waals surface area contributed by atoms with Gasteiger partial charge in [-0.15, -0.1) is 0 Å². The number of hydrogen-bond acceptors (Lipinski definition) is 5. The summed E-state index contributed by atoms with van der Waals surface area (Å²) in [6, 6.07) is 16.6. The first-order valence-corrected chi connectivity index (χ1v) is 11.7. The van der Waals surface area contributed by atoms with Gasteiger partial charge in [0.15, 0.2) is 11.5 Å². The molecule has 1 N–H and O–H groups in total. The lowest BCUT2D eigenvalue weighted by Gasteiger charge is -2.34. The quantitative estimate of drug-likeness (QED) is 0.576. The van der Waals surface area contributed by atoms with E-state index in [0.29, 0.717) is 6.42 Å². The summed E-state index contributed by atoms with van der Waals surface area (Å²) in [7, 11) is 0. The highest BCUT2D eigenvalue weighted by atomic mass is 16.7. The maximum Gasteiger partial charge on any atom is 0.250 e. The van der Waals surface area contributed by atoms with Gasteiger partial charge in [0.1, 0.15) is 0 Å². The molecule has 2 aromatic carbocycles. The number of benzene rings is 2. The van der Waals surface area contributed by atoms with E-state index >= 15 is 0 Å². The lowest BCUT2D eigenvalue weighted by molar-refractivity contribution is -0.119. The molecule has 33 heavy (non-hydrogen) atoms. The van der Waals surface area contributed by atoms with Crippen LogP contribution in [0.5, 0.6) is 11.5 Å². The predicted octanol–water partition coefficient (Wildman–Crippen LogP) is 4.43. The molecule has 0 saturated heterocycles. The molecule has 0 bridgehead atoms. The number of carbonyl (C=O) groups is 1. The summed E-state index contributed by atoms with van der Waals surface area (Å²) in [4.78, 5) is 17.4. The van der Waals surface area contributed by atoms with Crippen LogP contribution in [-0.4, -0.2) is 41.3 Å². The zero-order valence-electron chi connectivity index (χ0n) is 19.7. The van der Waals surface area contributed by atoms with E-state index in [2.05, 4.69) is 60.2 Å². The van der Waals surface area contributed by atoms with E-state index in [1.54, 1.807) is 0 Å². The summed E-state index contributed by atoms with van der Waals surface area (Å²) in [5, 5.41) is 3.21. The van der Waals surface area contributed by atoms with E-state index in [9.17, 15) is 4.79 Å². The van der Waals surface area contributed by atoms with Crippen molar-refractivity contribution in [2.24, 2.45) is 0 Å². The number of fused-ring (bicyclic) bond motifs is 1. The monoisotopic (exact) mass is 447 g/mol. The number of carbonyl (C=O) groups excluding carboxylic acids is 1. The van der Waals surface area contributed by atoms with Gasteiger partial charge in [-0.2, -0.15) is 0 Å². The van der Waals surface area contributed by atoms with E-state index in [1.165, 1.54) is 11.1 Å². The van der Waals surface area contributed by atoms with Crippen LogP contribution in [-0.2, 0) is 17.8 Å². The average molecular weight is 448 g/mol. The van der Waals surface area contributed by atoms with Gasteiger partial charge in [-0.3, -0.25) is 9.69 Å². The second-order valence-corrected chi connectivity index (χ2v) is 8.62. The smallest absolute Gasteiger partial charge is 0.250 e. The molecule has 0 aromatic heterocycles. The van der Waals surface area contributed by atoms with Gasteiger partial charge in [-0.25, -0.2) is 0 Å². The summed E-state index contributed by atoms with van der Waals surface area (Å²) < 4.78 is 10.9. The van der Waals surface area contributed by atoms with E-state index in [-0.39, 0.29) is 24.9 Å². The Labute approximate surface area is 196 Å². The van der Waals surface area contributed by atoms with Gasteiger partial charge in [-0.05, 0) is 56.5 Å². The van der Waals surface area contributed by atoms with E-state index in [4.69, 9.17) is 9.47 Å². The van der Waals surface area contributed by atoms with Crippen molar-refractivity contribution in [2.75, 3.05) is 13.3 Å². The van der Waals surface area contributed by atoms with Crippen molar-refractivity contribution in [1.82, 2.24) is 15.1 Å². The Morgan fingerprint density at radius 2 is 1.88 bits per heavy atom. The number of nitrogens with zero attached hydrogens (tertiary/aromatic N) is 2. The highest BCUT2D eigenvalue weighted by molar-refractivity contribution is 5.93. The number of nitrogens with one attached hydrogen (secondary N) is 1. The van der Waals surface area contributed by atoms with Gasteiger partial charge >= 0.3 is 0 Å². The third-order valence-corrected chi connectivity index (χ3v) is 6.19. The number of rotatable bonds is 9. The van der Waals surface area contributed by atoms with Crippen molar-refractivity contribution in [3.05, 3.63) is 83.7 Å². The first-order valence-electron chi connectivity index (χ1n) is 11.7. The molecule has 6 heteroatoms. The van der Waals surface area contributed by atoms with Gasteiger partial charge in [0.05, 0.1) is 6.17 Å². The zero-order valence-corrected chi connectivity index (χ0v) is 19.7. The highest BCUT2D eigenvalue weighted by Gasteiger charge is 2.23. The third-order valence-electron chi connectivity index (χ3n) is 6.19. The van der Waals surface area contributed by atoms with Crippen molar-refractivity contribution in [1.29, 1.82) is 0 Å². The first-order chi connectivity index (χ1) is 16.0. The molecule has 174 valence electrons. The van der Waals surface area contributed by atoms with Crippen LogP contribution < -0.4 is 14.8 Å². The minimum absolute atomic E-state index is 0.0151. The van der Waals surface area contributed by atoms with Gasteiger partial charge in [0.2, 0.25) is 12.7 Å². The van der Waals surface area contributed by atoms with Crippen LogP contribution in [0.1, 0.15) is 38.3 Å². The first kappa shape index (κ1) is 22.9. The van der Waals surface area contributed by atoms with Crippen LogP contribution in [0.25, 0.3) is 0 Å². The Bertz CT molecular complexity index is 1020. The topological polar surface area (TPSA) is 54.0 Å². The average Bonchev–Trinajstić information content (AvgIpc) is 3.28. The Morgan fingerprint density at radius 3 is 2.67 bits per heavy atom. The second-order valence-electron chi connectivity index (χ2n) is 8.62. The second kappa shape index (κ2) is 10.6. The molecule has 0 spiro atoms. The summed E-state index contributed by atoms with van der Waals surface area (Å²) in [6.45, 7) is 8.25. The molecule has 2 aliphatic rings. The molecule has 2 aliphatic heterocycles. The van der Waals surface area contributed by atoms with E-state index in [0.717, 1.165) is 36.6 Å². The van der Waals surface area contributed by atoms with Crippen molar-refractivity contribution < 1.29 is 14.3 Å². The summed E-state index contributed by atoms with van der Waals surface area (Å²) in [5.74, 6) is 1.59. The Hall–Kier alpha value is -3.25. The third kappa shape index (κ3) is 5.76. The molecular weight excluding hydrogens is 414 g/mol. The number of amides is 1. The van der Waals surface area contributed by atoms with Gasteiger partial charge in [0.25, 0.3) is 0 Å². The predicted molar refractivity (Wildman–Crippen MR) is 130 cm³/mol. The zero-order chi connectivity index (χ0) is 23.2. The number of allylic oxidation sites excluding steroid dienone is 1. The Balaban J connectivity index is 1.35.